The number of ketones is 1. The molecule has 0 heterocycles. The number of aliphatic hydroxyl groups is 1. The Hall–Kier alpha value is -5.12. The first-order chi connectivity index (χ1) is 28.5. The molecular formula is C45H55N3O5S. The molecule has 0 aliphatic heterocycles. The van der Waals surface area contributed by atoms with Crippen molar-refractivity contribution in [2.45, 2.75) is 76.9 Å². The highest BCUT2D eigenvalue weighted by molar-refractivity contribution is 7.85. The molecule has 0 amide bonds. The van der Waals surface area contributed by atoms with Gasteiger partial charge in [-0.3, -0.25) is 20.0 Å². The predicted molar refractivity (Wildman–Crippen MR) is 222 cm³/mol. The van der Waals surface area contributed by atoms with E-state index in [-0.39, 0.29) is 17.9 Å². The minimum Gasteiger partial charge on any atom is -0.384 e. The lowest BCUT2D eigenvalue weighted by molar-refractivity contribution is -0.111. The summed E-state index contributed by atoms with van der Waals surface area (Å²) in [5.74, 6) is 9.34. The lowest BCUT2D eigenvalue weighted by Gasteiger charge is -2.10. The number of hydrogen-bond donors (Lipinski definition) is 5. The number of nitrogens with one attached hydrogen (secondary N) is 2. The number of hydrogen-bond acceptors (Lipinski definition) is 7. The van der Waals surface area contributed by atoms with Crippen LogP contribution in [0.4, 0.5) is 0 Å². The topological polar surface area (TPSA) is 142 Å². The van der Waals surface area contributed by atoms with Gasteiger partial charge in [0, 0.05) is 34.2 Å². The van der Waals surface area contributed by atoms with E-state index in [9.17, 15) is 13.2 Å². The van der Waals surface area contributed by atoms with Gasteiger partial charge in [0.2, 0.25) is 5.78 Å². The minimum absolute atomic E-state index is 0.0484. The molecule has 0 aromatic heterocycles. The van der Waals surface area contributed by atoms with Crippen molar-refractivity contribution in [1.82, 2.24) is 10.6 Å². The van der Waals surface area contributed by atoms with Crippen molar-refractivity contribution in [2.24, 2.45) is 5.73 Å². The SMILES string of the molecule is C#CC(C)=O.CS(=O)(=O)O.N[C@@H]1CCc2ccccc21.[2H]C([2H])(C#C)N[C@@H]1CCc2ccccc21.[2H]C([2H])(C#C)N[C@@H]1CCc2ccccc21.[2H]C([2H])(C)C#C.[2H]C([2H])(O)C#C. The Bertz CT molecular complexity index is 2110. The second-order valence-electron chi connectivity index (χ2n) is 11.3. The summed E-state index contributed by atoms with van der Waals surface area (Å²) in [6, 6.07) is 25.1. The van der Waals surface area contributed by atoms with Crippen molar-refractivity contribution < 1.29 is 33.8 Å². The van der Waals surface area contributed by atoms with Gasteiger partial charge in [0.25, 0.3) is 10.1 Å². The Morgan fingerprint density at radius 1 is 0.759 bits per heavy atom. The second kappa shape index (κ2) is 29.3. The molecule has 0 radical (unpaired) electrons. The normalized spacial score (nSPS) is 19.2. The number of terminal acetylenes is 5. The van der Waals surface area contributed by atoms with Gasteiger partial charge < -0.3 is 10.8 Å². The first kappa shape index (κ1) is 35.9. The van der Waals surface area contributed by atoms with Gasteiger partial charge in [-0.05, 0) is 77.8 Å². The van der Waals surface area contributed by atoms with Crippen molar-refractivity contribution >= 4 is 15.9 Å². The highest BCUT2D eigenvalue weighted by Gasteiger charge is 2.21. The zero-order chi connectivity index (χ0) is 48.0. The molecule has 0 saturated carbocycles. The highest BCUT2D eigenvalue weighted by Crippen LogP contribution is 2.31. The van der Waals surface area contributed by atoms with Gasteiger partial charge in [-0.15, -0.1) is 38.0 Å². The van der Waals surface area contributed by atoms with E-state index in [1.54, 1.807) is 0 Å². The van der Waals surface area contributed by atoms with Gasteiger partial charge in [-0.2, -0.15) is 8.42 Å². The molecule has 6 rings (SSSR count). The summed E-state index contributed by atoms with van der Waals surface area (Å²) in [6.45, 7) is -3.18. The Kier molecular flexibility index (Phi) is 19.5. The van der Waals surface area contributed by atoms with E-state index in [2.05, 4.69) is 78.1 Å². The van der Waals surface area contributed by atoms with Crippen LogP contribution in [0.1, 0.15) is 102 Å². The number of nitrogens with two attached hydrogens (primary N) is 1. The Morgan fingerprint density at radius 2 is 1.07 bits per heavy atom. The molecule has 3 aliphatic rings. The third-order valence-corrected chi connectivity index (χ3v) is 7.49. The molecule has 3 aromatic carbocycles. The summed E-state index contributed by atoms with van der Waals surface area (Å²) in [7, 11) is -3.67. The van der Waals surface area contributed by atoms with Gasteiger partial charge >= 0.3 is 0 Å². The molecular weight excluding hydrogens is 695 g/mol. The van der Waals surface area contributed by atoms with Gasteiger partial charge in [-0.25, -0.2) is 0 Å². The van der Waals surface area contributed by atoms with Crippen LogP contribution in [-0.4, -0.2) is 49.7 Å². The van der Waals surface area contributed by atoms with E-state index in [1.807, 2.05) is 48.2 Å². The van der Waals surface area contributed by atoms with Crippen molar-refractivity contribution in [3.63, 3.8) is 0 Å². The Balaban J connectivity index is 0.000000739. The molecule has 0 fully saturated rings. The number of benzene rings is 3. The maximum Gasteiger partial charge on any atom is 0.261 e. The van der Waals surface area contributed by atoms with E-state index in [0.717, 1.165) is 38.5 Å². The largest absolute Gasteiger partial charge is 0.384 e. The molecule has 8 nitrogen and oxygen atoms in total. The van der Waals surface area contributed by atoms with Gasteiger partial charge in [0.1, 0.15) is 6.56 Å². The fourth-order valence-corrected chi connectivity index (χ4v) is 5.26. The molecule has 0 bridgehead atoms. The van der Waals surface area contributed by atoms with Crippen LogP contribution in [0.25, 0.3) is 0 Å². The molecule has 286 valence electrons. The number of rotatable bonds is 4. The van der Waals surface area contributed by atoms with Crippen LogP contribution in [0.3, 0.4) is 0 Å². The van der Waals surface area contributed by atoms with Crippen LogP contribution < -0.4 is 16.4 Å². The fourth-order valence-electron chi connectivity index (χ4n) is 5.26. The predicted octanol–water partition coefficient (Wildman–Crippen LogP) is 5.78. The lowest BCUT2D eigenvalue weighted by atomic mass is 10.1. The van der Waals surface area contributed by atoms with Crippen LogP contribution >= 0.6 is 0 Å². The van der Waals surface area contributed by atoms with Gasteiger partial charge in [0.15, 0.2) is 0 Å². The number of aryl methyl sites for hydroxylation is 3. The van der Waals surface area contributed by atoms with Crippen LogP contribution in [0.5, 0.6) is 0 Å². The van der Waals surface area contributed by atoms with E-state index >= 15 is 0 Å². The molecule has 3 aromatic rings. The van der Waals surface area contributed by atoms with Gasteiger partial charge in [-0.1, -0.05) is 97.5 Å². The first-order valence-electron chi connectivity index (χ1n) is 20.6. The van der Waals surface area contributed by atoms with E-state index < -0.39 is 36.0 Å². The second-order valence-corrected chi connectivity index (χ2v) is 12.8. The monoisotopic (exact) mass is 757 g/mol. The molecule has 0 unspecified atom stereocenters. The first-order valence-corrected chi connectivity index (χ1v) is 18.4. The third kappa shape index (κ3) is 22.1. The summed E-state index contributed by atoms with van der Waals surface area (Å²) in [5, 5.41) is 13.6. The lowest BCUT2D eigenvalue weighted by Crippen LogP contribution is -2.19. The molecule has 0 saturated heterocycles. The van der Waals surface area contributed by atoms with Crippen LogP contribution in [0.15, 0.2) is 72.8 Å². The highest BCUT2D eigenvalue weighted by atomic mass is 32.2. The van der Waals surface area contributed by atoms with Gasteiger partial charge in [0.05, 0.1) is 27.5 Å². The average molecular weight is 758 g/mol. The van der Waals surface area contributed by atoms with Crippen molar-refractivity contribution in [3.8, 4) is 61.7 Å². The summed E-state index contributed by atoms with van der Waals surface area (Å²) < 4.78 is 81.4. The van der Waals surface area contributed by atoms with Crippen LogP contribution in [0, 0.1) is 61.7 Å². The zero-order valence-electron chi connectivity index (χ0n) is 38.9. The maximum absolute atomic E-state index is 9.58. The fraction of sp³-hybridized carbons (Fsp3) is 0.356. The smallest absolute Gasteiger partial charge is 0.261 e. The maximum atomic E-state index is 9.58. The van der Waals surface area contributed by atoms with E-state index in [0.29, 0.717) is 12.3 Å². The van der Waals surface area contributed by atoms with E-state index in [1.165, 1.54) is 53.1 Å². The van der Waals surface area contributed by atoms with E-state index in [4.69, 9.17) is 39.2 Å². The quantitative estimate of drug-likeness (QED) is 0.128. The van der Waals surface area contributed by atoms with Crippen molar-refractivity contribution in [2.75, 3.05) is 25.8 Å². The molecule has 6 N–H and O–H groups in total. The van der Waals surface area contributed by atoms with Crippen LogP contribution in [-0.2, 0) is 34.2 Å². The summed E-state index contributed by atoms with van der Waals surface area (Å²) in [4.78, 5) is 9.58. The average Bonchev–Trinajstić information content (AvgIpc) is 3.91. The molecule has 3 aliphatic carbocycles. The number of carbonyl (C=O) groups excluding carboxylic acids is 1. The number of fused-ring (bicyclic) bond motifs is 3. The Morgan fingerprint density at radius 3 is 1.37 bits per heavy atom. The molecule has 9 heteroatoms. The summed E-state index contributed by atoms with van der Waals surface area (Å²) in [5.41, 5.74) is 13.6. The van der Waals surface area contributed by atoms with Crippen LogP contribution in [0.2, 0.25) is 0 Å². The molecule has 3 atom stereocenters. The number of Topliss-reactive ketones (excluding diaryl/α,β-unsaturated/α-hetero) is 1. The Labute approximate surface area is 336 Å². The van der Waals surface area contributed by atoms with Crippen molar-refractivity contribution in [3.05, 3.63) is 106 Å². The molecule has 0 spiro atoms. The summed E-state index contributed by atoms with van der Waals surface area (Å²) in [6.07, 6.45) is 29.3. The molecule has 54 heavy (non-hydrogen) atoms. The van der Waals surface area contributed by atoms with Crippen molar-refractivity contribution in [1.29, 1.82) is 0 Å². The zero-order valence-corrected chi connectivity index (χ0v) is 31.7. The third-order valence-electron chi connectivity index (χ3n) is 7.49. The number of carbonyl (C=O) groups is 1. The standard InChI is InChI=1S/2C12H13N.C9H11N.C4H4O.C4H6.C3H4O.CH4O3S/c2*1-2-9-13-12-8-7-10-5-3-4-6-11(10)12;10-9-6-5-7-3-1-2-4-8(7)9;1-3-4(2)5;1-3-4-2;1-2-3-4;1-5(2,3)4/h2*1,3-6,12-13H,7-9H2;1-4,9H,5-6,10H2;1H,2H3;1H,4H2,2H3;1,4H,3H2;1H3,(H,2,3,4)/t2*12-;9-;;;;/m111..../s1/i2*9D2;;;4D2;3D2;. The summed E-state index contributed by atoms with van der Waals surface area (Å²) >= 11 is 0. The minimum atomic E-state index is -3.67.